The van der Waals surface area contributed by atoms with Crippen LogP contribution in [0.4, 0.5) is 5.69 Å². The predicted octanol–water partition coefficient (Wildman–Crippen LogP) is 2.90. The first-order valence-corrected chi connectivity index (χ1v) is 5.10. The number of nitro groups is 1. The van der Waals surface area contributed by atoms with Crippen LogP contribution in [0.15, 0.2) is 24.3 Å². The van der Waals surface area contributed by atoms with Crippen LogP contribution in [0.1, 0.15) is 25.8 Å². The zero-order valence-corrected chi connectivity index (χ0v) is 10.3. The van der Waals surface area contributed by atoms with Crippen molar-refractivity contribution >= 4 is 18.1 Å². The van der Waals surface area contributed by atoms with Crippen LogP contribution in [0.5, 0.6) is 0 Å². The quantitative estimate of drug-likeness (QED) is 0.640. The van der Waals surface area contributed by atoms with Gasteiger partial charge in [-0.3, -0.25) is 10.1 Å². The van der Waals surface area contributed by atoms with Crippen molar-refractivity contribution in [2.75, 3.05) is 0 Å². The van der Waals surface area contributed by atoms with Gasteiger partial charge in [-0.05, 0) is 18.9 Å². The van der Waals surface area contributed by atoms with Crippen LogP contribution >= 0.6 is 12.4 Å². The van der Waals surface area contributed by atoms with Gasteiger partial charge >= 0.3 is 0 Å². The van der Waals surface area contributed by atoms with E-state index in [0.29, 0.717) is 6.04 Å². The first-order valence-electron chi connectivity index (χ1n) is 5.10. The summed E-state index contributed by atoms with van der Waals surface area (Å²) in [4.78, 5) is 10.0. The zero-order valence-electron chi connectivity index (χ0n) is 9.47. The molecule has 1 rings (SSSR count). The Morgan fingerprint density at radius 1 is 1.38 bits per heavy atom. The van der Waals surface area contributed by atoms with Crippen LogP contribution in [-0.4, -0.2) is 11.0 Å². The SMILES string of the molecule is CCC(C)NCc1ccc([N+](=O)[O-])cc1.Cl. The van der Waals surface area contributed by atoms with Crippen molar-refractivity contribution in [1.29, 1.82) is 0 Å². The minimum Gasteiger partial charge on any atom is -0.310 e. The summed E-state index contributed by atoms with van der Waals surface area (Å²) in [5.41, 5.74) is 1.21. The van der Waals surface area contributed by atoms with Gasteiger partial charge < -0.3 is 5.32 Å². The van der Waals surface area contributed by atoms with Gasteiger partial charge in [-0.25, -0.2) is 0 Å². The molecule has 90 valence electrons. The van der Waals surface area contributed by atoms with E-state index in [1.54, 1.807) is 12.1 Å². The summed E-state index contributed by atoms with van der Waals surface area (Å²) in [6, 6.07) is 7.11. The largest absolute Gasteiger partial charge is 0.310 e. The summed E-state index contributed by atoms with van der Waals surface area (Å²) in [7, 11) is 0. The van der Waals surface area contributed by atoms with Crippen molar-refractivity contribution in [3.05, 3.63) is 39.9 Å². The predicted molar refractivity (Wildman–Crippen MR) is 66.9 cm³/mol. The number of rotatable bonds is 5. The molecule has 1 unspecified atom stereocenters. The number of nitrogens with one attached hydrogen (secondary N) is 1. The Kier molecular flexibility index (Phi) is 6.69. The number of benzene rings is 1. The molecule has 0 saturated carbocycles. The fourth-order valence-corrected chi connectivity index (χ4v) is 1.17. The molecule has 0 aliphatic heterocycles. The molecule has 4 nitrogen and oxygen atoms in total. The molecular weight excluding hydrogens is 228 g/mol. The van der Waals surface area contributed by atoms with Gasteiger partial charge in [0.2, 0.25) is 0 Å². The summed E-state index contributed by atoms with van der Waals surface area (Å²) in [6.07, 6.45) is 1.08. The molecule has 0 fully saturated rings. The summed E-state index contributed by atoms with van der Waals surface area (Å²) in [6.45, 7) is 4.99. The van der Waals surface area contributed by atoms with Gasteiger partial charge in [0.15, 0.2) is 0 Å². The van der Waals surface area contributed by atoms with Gasteiger partial charge in [0.05, 0.1) is 4.92 Å². The minimum atomic E-state index is -0.383. The fraction of sp³-hybridized carbons (Fsp3) is 0.455. The van der Waals surface area contributed by atoms with E-state index in [4.69, 9.17) is 0 Å². The summed E-state index contributed by atoms with van der Waals surface area (Å²) >= 11 is 0. The number of hydrogen-bond acceptors (Lipinski definition) is 3. The second-order valence-electron chi connectivity index (χ2n) is 3.61. The summed E-state index contributed by atoms with van der Waals surface area (Å²) in [5.74, 6) is 0. The highest BCUT2D eigenvalue weighted by Gasteiger charge is 2.04. The van der Waals surface area contributed by atoms with Crippen molar-refractivity contribution in [3.63, 3.8) is 0 Å². The maximum atomic E-state index is 10.4. The van der Waals surface area contributed by atoms with E-state index < -0.39 is 0 Å². The highest BCUT2D eigenvalue weighted by molar-refractivity contribution is 5.85. The molecule has 5 heteroatoms. The van der Waals surface area contributed by atoms with E-state index in [1.165, 1.54) is 12.1 Å². The average molecular weight is 245 g/mol. The highest BCUT2D eigenvalue weighted by atomic mass is 35.5. The molecular formula is C11H17ClN2O2. The average Bonchev–Trinajstić information content (AvgIpc) is 2.26. The van der Waals surface area contributed by atoms with E-state index in [0.717, 1.165) is 18.5 Å². The van der Waals surface area contributed by atoms with Crippen molar-refractivity contribution in [2.24, 2.45) is 0 Å². The van der Waals surface area contributed by atoms with E-state index >= 15 is 0 Å². The molecule has 1 atom stereocenters. The number of halogens is 1. The Labute approximate surface area is 102 Å². The number of nitrogens with zero attached hydrogens (tertiary/aromatic N) is 1. The molecule has 0 bridgehead atoms. The van der Waals surface area contributed by atoms with Crippen LogP contribution in [0, 0.1) is 10.1 Å². The van der Waals surface area contributed by atoms with E-state index in [1.807, 2.05) is 0 Å². The first-order chi connectivity index (χ1) is 7.13. The van der Waals surface area contributed by atoms with Gasteiger partial charge in [0.25, 0.3) is 5.69 Å². The highest BCUT2D eigenvalue weighted by Crippen LogP contribution is 2.11. The summed E-state index contributed by atoms with van der Waals surface area (Å²) < 4.78 is 0. The van der Waals surface area contributed by atoms with Crippen LogP contribution in [0.2, 0.25) is 0 Å². The molecule has 0 radical (unpaired) electrons. The van der Waals surface area contributed by atoms with Crippen molar-refractivity contribution in [2.45, 2.75) is 32.9 Å². The number of nitro benzene ring substituents is 1. The van der Waals surface area contributed by atoms with Gasteiger partial charge in [0.1, 0.15) is 0 Å². The van der Waals surface area contributed by atoms with Crippen LogP contribution in [0.25, 0.3) is 0 Å². The Hall–Kier alpha value is -1.13. The lowest BCUT2D eigenvalue weighted by molar-refractivity contribution is -0.384. The van der Waals surface area contributed by atoms with Crippen LogP contribution in [0.3, 0.4) is 0 Å². The number of non-ortho nitro benzene ring substituents is 1. The normalized spacial score (nSPS) is 11.6. The van der Waals surface area contributed by atoms with E-state index in [9.17, 15) is 10.1 Å². The molecule has 0 aliphatic rings. The Bertz CT molecular complexity index is 327. The third kappa shape index (κ3) is 4.59. The Morgan fingerprint density at radius 2 is 1.94 bits per heavy atom. The molecule has 0 aromatic heterocycles. The minimum absolute atomic E-state index is 0. The maximum Gasteiger partial charge on any atom is 0.269 e. The fourth-order valence-electron chi connectivity index (χ4n) is 1.17. The molecule has 0 aliphatic carbocycles. The van der Waals surface area contributed by atoms with Crippen molar-refractivity contribution in [1.82, 2.24) is 5.32 Å². The molecule has 1 aromatic carbocycles. The second-order valence-corrected chi connectivity index (χ2v) is 3.61. The third-order valence-corrected chi connectivity index (χ3v) is 2.41. The first kappa shape index (κ1) is 14.9. The van der Waals surface area contributed by atoms with Crippen molar-refractivity contribution in [3.8, 4) is 0 Å². The third-order valence-electron chi connectivity index (χ3n) is 2.41. The molecule has 0 saturated heterocycles. The van der Waals surface area contributed by atoms with Crippen LogP contribution in [-0.2, 0) is 6.54 Å². The molecule has 0 amide bonds. The van der Waals surface area contributed by atoms with Crippen molar-refractivity contribution < 1.29 is 4.92 Å². The summed E-state index contributed by atoms with van der Waals surface area (Å²) in [5, 5.41) is 13.7. The van der Waals surface area contributed by atoms with Gasteiger partial charge in [0, 0.05) is 24.7 Å². The maximum absolute atomic E-state index is 10.4. The lowest BCUT2D eigenvalue weighted by Crippen LogP contribution is -2.24. The van der Waals surface area contributed by atoms with E-state index in [2.05, 4.69) is 19.2 Å². The van der Waals surface area contributed by atoms with Gasteiger partial charge in [-0.2, -0.15) is 0 Å². The lowest BCUT2D eigenvalue weighted by atomic mass is 10.2. The van der Waals surface area contributed by atoms with Gasteiger partial charge in [-0.1, -0.05) is 19.1 Å². The second kappa shape index (κ2) is 7.19. The zero-order chi connectivity index (χ0) is 11.3. The lowest BCUT2D eigenvalue weighted by Gasteiger charge is -2.10. The topological polar surface area (TPSA) is 55.2 Å². The monoisotopic (exact) mass is 244 g/mol. The van der Waals surface area contributed by atoms with Gasteiger partial charge in [-0.15, -0.1) is 12.4 Å². The standard InChI is InChI=1S/C11H16N2O2.ClH/c1-3-9(2)12-8-10-4-6-11(7-5-10)13(14)15;/h4-7,9,12H,3,8H2,1-2H3;1H. The molecule has 0 heterocycles. The Balaban J connectivity index is 0.00000225. The Morgan fingerprint density at radius 3 is 2.38 bits per heavy atom. The molecule has 16 heavy (non-hydrogen) atoms. The molecule has 0 spiro atoms. The number of hydrogen-bond donors (Lipinski definition) is 1. The van der Waals surface area contributed by atoms with E-state index in [-0.39, 0.29) is 23.0 Å². The smallest absolute Gasteiger partial charge is 0.269 e. The molecule has 1 N–H and O–H groups in total. The van der Waals surface area contributed by atoms with Crippen LogP contribution < -0.4 is 5.32 Å². The molecule has 1 aromatic rings.